The number of hydrogen-bond donors (Lipinski definition) is 2. The molecule has 0 unspecified atom stereocenters. The third kappa shape index (κ3) is 5.23. The highest BCUT2D eigenvalue weighted by Crippen LogP contribution is 2.11. The molecular weight excluding hydrogens is 308 g/mol. The SMILES string of the molecule is Nc1ccc(CNS(=O)(=O)/C=C/c2ccc(Cl)cc2)cc1. The molecular formula is C15H15ClN2O2S. The third-order valence-corrected chi connectivity index (χ3v) is 4.06. The van der Waals surface area contributed by atoms with Gasteiger partial charge < -0.3 is 5.73 Å². The maximum Gasteiger partial charge on any atom is 0.234 e. The maximum atomic E-state index is 11.9. The Labute approximate surface area is 129 Å². The maximum absolute atomic E-state index is 11.9. The lowest BCUT2D eigenvalue weighted by atomic mass is 10.2. The van der Waals surface area contributed by atoms with Crippen molar-refractivity contribution in [2.24, 2.45) is 0 Å². The molecule has 3 N–H and O–H groups in total. The van der Waals surface area contributed by atoms with E-state index in [-0.39, 0.29) is 6.54 Å². The van der Waals surface area contributed by atoms with Crippen molar-refractivity contribution in [3.63, 3.8) is 0 Å². The van der Waals surface area contributed by atoms with Crippen LogP contribution in [0.3, 0.4) is 0 Å². The summed E-state index contributed by atoms with van der Waals surface area (Å²) >= 11 is 5.77. The zero-order chi connectivity index (χ0) is 15.3. The number of nitrogen functional groups attached to an aromatic ring is 1. The molecule has 2 rings (SSSR count). The van der Waals surface area contributed by atoms with E-state index in [1.807, 2.05) is 0 Å². The van der Waals surface area contributed by atoms with Gasteiger partial charge in [0.1, 0.15) is 0 Å². The molecule has 6 heteroatoms. The zero-order valence-corrected chi connectivity index (χ0v) is 12.7. The Morgan fingerprint density at radius 2 is 1.67 bits per heavy atom. The summed E-state index contributed by atoms with van der Waals surface area (Å²) in [7, 11) is -3.49. The van der Waals surface area contributed by atoms with Crippen molar-refractivity contribution in [3.8, 4) is 0 Å². The fourth-order valence-corrected chi connectivity index (χ4v) is 2.54. The molecule has 21 heavy (non-hydrogen) atoms. The Hall–Kier alpha value is -1.82. The second kappa shape index (κ2) is 6.76. The van der Waals surface area contributed by atoms with E-state index in [1.54, 1.807) is 48.5 Å². The van der Waals surface area contributed by atoms with Crippen molar-refractivity contribution >= 4 is 33.4 Å². The van der Waals surface area contributed by atoms with E-state index in [1.165, 1.54) is 6.08 Å². The number of anilines is 1. The van der Waals surface area contributed by atoms with Crippen LogP contribution in [-0.4, -0.2) is 8.42 Å². The van der Waals surface area contributed by atoms with Crippen LogP contribution in [0.1, 0.15) is 11.1 Å². The Kier molecular flexibility index (Phi) is 5.01. The molecule has 2 aromatic rings. The fourth-order valence-electron chi connectivity index (χ4n) is 1.61. The predicted molar refractivity (Wildman–Crippen MR) is 87.1 cm³/mol. The Morgan fingerprint density at radius 1 is 1.05 bits per heavy atom. The normalized spacial score (nSPS) is 11.9. The van der Waals surface area contributed by atoms with E-state index in [0.29, 0.717) is 10.7 Å². The molecule has 110 valence electrons. The molecule has 0 aromatic heterocycles. The largest absolute Gasteiger partial charge is 0.399 e. The zero-order valence-electron chi connectivity index (χ0n) is 11.2. The number of nitrogens with two attached hydrogens (primary N) is 1. The minimum atomic E-state index is -3.49. The van der Waals surface area contributed by atoms with Crippen LogP contribution in [0, 0.1) is 0 Å². The lowest BCUT2D eigenvalue weighted by molar-refractivity contribution is 0.591. The summed E-state index contributed by atoms with van der Waals surface area (Å²) in [5.41, 5.74) is 7.82. The minimum absolute atomic E-state index is 0.216. The van der Waals surface area contributed by atoms with Gasteiger partial charge in [-0.15, -0.1) is 0 Å². The minimum Gasteiger partial charge on any atom is -0.399 e. The van der Waals surface area contributed by atoms with Gasteiger partial charge in [-0.05, 0) is 41.5 Å². The summed E-state index contributed by atoms with van der Waals surface area (Å²) in [6, 6.07) is 13.9. The molecule has 2 aromatic carbocycles. The van der Waals surface area contributed by atoms with Crippen molar-refractivity contribution < 1.29 is 8.42 Å². The molecule has 0 bridgehead atoms. The molecule has 0 amide bonds. The van der Waals surface area contributed by atoms with Gasteiger partial charge >= 0.3 is 0 Å². The van der Waals surface area contributed by atoms with Gasteiger partial charge in [0.05, 0.1) is 0 Å². The average Bonchev–Trinajstić information content (AvgIpc) is 2.46. The number of rotatable bonds is 5. The summed E-state index contributed by atoms with van der Waals surface area (Å²) in [4.78, 5) is 0. The van der Waals surface area contributed by atoms with Crippen molar-refractivity contribution in [1.29, 1.82) is 0 Å². The van der Waals surface area contributed by atoms with Crippen molar-refractivity contribution in [2.45, 2.75) is 6.54 Å². The number of sulfonamides is 1. The number of hydrogen-bond acceptors (Lipinski definition) is 3. The molecule has 0 atom stereocenters. The van der Waals surface area contributed by atoms with Gasteiger partial charge in [0.2, 0.25) is 10.0 Å². The highest BCUT2D eigenvalue weighted by atomic mass is 35.5. The monoisotopic (exact) mass is 322 g/mol. The van der Waals surface area contributed by atoms with Gasteiger partial charge in [-0.25, -0.2) is 13.1 Å². The first kappa shape index (κ1) is 15.6. The second-order valence-electron chi connectivity index (χ2n) is 4.46. The summed E-state index contributed by atoms with van der Waals surface area (Å²) in [6.07, 6.45) is 1.52. The summed E-state index contributed by atoms with van der Waals surface area (Å²) in [5, 5.41) is 1.74. The highest BCUT2D eigenvalue weighted by molar-refractivity contribution is 7.92. The van der Waals surface area contributed by atoms with Crippen molar-refractivity contribution in [2.75, 3.05) is 5.73 Å². The third-order valence-electron chi connectivity index (χ3n) is 2.77. The van der Waals surface area contributed by atoms with Crippen LogP contribution < -0.4 is 10.5 Å². The topological polar surface area (TPSA) is 72.2 Å². The first-order valence-electron chi connectivity index (χ1n) is 6.22. The van der Waals surface area contributed by atoms with E-state index in [4.69, 9.17) is 17.3 Å². The van der Waals surface area contributed by atoms with Crippen LogP contribution in [0.4, 0.5) is 5.69 Å². The summed E-state index contributed by atoms with van der Waals surface area (Å²) < 4.78 is 26.2. The number of halogens is 1. The van der Waals surface area contributed by atoms with Gasteiger partial charge in [-0.2, -0.15) is 0 Å². The Balaban J connectivity index is 1.98. The van der Waals surface area contributed by atoms with Crippen LogP contribution in [0.25, 0.3) is 6.08 Å². The van der Waals surface area contributed by atoms with Crippen LogP contribution >= 0.6 is 11.6 Å². The molecule has 0 spiro atoms. The average molecular weight is 323 g/mol. The fraction of sp³-hybridized carbons (Fsp3) is 0.0667. The molecule has 0 saturated heterocycles. The van der Waals surface area contributed by atoms with E-state index in [2.05, 4.69) is 4.72 Å². The van der Waals surface area contributed by atoms with E-state index >= 15 is 0 Å². The summed E-state index contributed by atoms with van der Waals surface area (Å²) in [6.45, 7) is 0.216. The van der Waals surface area contributed by atoms with Gasteiger partial charge in [0.15, 0.2) is 0 Å². The Bertz CT molecular complexity index is 723. The first-order chi connectivity index (χ1) is 9.94. The highest BCUT2D eigenvalue weighted by Gasteiger charge is 2.04. The van der Waals surface area contributed by atoms with E-state index in [9.17, 15) is 8.42 Å². The molecule has 0 aliphatic carbocycles. The molecule has 4 nitrogen and oxygen atoms in total. The van der Waals surface area contributed by atoms with Crippen LogP contribution in [0.15, 0.2) is 53.9 Å². The van der Waals surface area contributed by atoms with E-state index < -0.39 is 10.0 Å². The predicted octanol–water partition coefficient (Wildman–Crippen LogP) is 3.01. The van der Waals surface area contributed by atoms with Crippen molar-refractivity contribution in [1.82, 2.24) is 4.72 Å². The first-order valence-corrected chi connectivity index (χ1v) is 8.15. The smallest absolute Gasteiger partial charge is 0.234 e. The van der Waals surface area contributed by atoms with Gasteiger partial charge in [-0.3, -0.25) is 0 Å². The lowest BCUT2D eigenvalue weighted by Crippen LogP contribution is -2.20. The molecule has 0 aliphatic heterocycles. The lowest BCUT2D eigenvalue weighted by Gasteiger charge is -2.03. The molecule has 0 heterocycles. The number of benzene rings is 2. The summed E-state index contributed by atoms with van der Waals surface area (Å²) in [5.74, 6) is 0. The molecule has 0 radical (unpaired) electrons. The molecule has 0 aliphatic rings. The molecule has 0 fully saturated rings. The standard InChI is InChI=1S/C15H15ClN2O2S/c16-14-5-1-12(2-6-14)9-10-21(19,20)18-11-13-3-7-15(17)8-4-13/h1-10,18H,11,17H2/b10-9+. The van der Waals surface area contributed by atoms with Crippen LogP contribution in [0.2, 0.25) is 5.02 Å². The van der Waals surface area contributed by atoms with Crippen molar-refractivity contribution in [3.05, 3.63) is 70.1 Å². The Morgan fingerprint density at radius 3 is 2.29 bits per heavy atom. The van der Waals surface area contributed by atoms with Gasteiger partial charge in [-0.1, -0.05) is 35.9 Å². The van der Waals surface area contributed by atoms with Crippen LogP contribution in [0.5, 0.6) is 0 Å². The van der Waals surface area contributed by atoms with E-state index in [0.717, 1.165) is 16.5 Å². The second-order valence-corrected chi connectivity index (χ2v) is 6.55. The van der Waals surface area contributed by atoms with Gasteiger partial charge in [0, 0.05) is 22.7 Å². The number of nitrogens with one attached hydrogen (secondary N) is 1. The quantitative estimate of drug-likeness (QED) is 0.831. The van der Waals surface area contributed by atoms with Gasteiger partial charge in [0.25, 0.3) is 0 Å². The molecule has 0 saturated carbocycles. The van der Waals surface area contributed by atoms with Crippen LogP contribution in [-0.2, 0) is 16.6 Å².